The Kier molecular flexibility index (Phi) is 64.5. The Labute approximate surface area is 480 Å². The summed E-state index contributed by atoms with van der Waals surface area (Å²) in [5.41, 5.74) is 0. The second kappa shape index (κ2) is 66.3. The van der Waals surface area contributed by atoms with E-state index in [-0.39, 0.29) is 18.5 Å². The van der Waals surface area contributed by atoms with Gasteiger partial charge in [-0.2, -0.15) is 0 Å². The summed E-state index contributed by atoms with van der Waals surface area (Å²) >= 11 is 0. The van der Waals surface area contributed by atoms with Crippen molar-refractivity contribution in [2.75, 3.05) is 13.2 Å². The van der Waals surface area contributed by atoms with Gasteiger partial charge in [-0.05, 0) is 89.9 Å². The SMILES string of the molecule is CCCCCC/C=C\C/C=C\CCCCCCCCCC(=O)OCCCCCCCCCCC/C=C\C/C=C\CCCCCCCCCCCCCCCCCCCC(=O)NC(CO)C(O)CCCCCCCCCCC. The molecule has 2 unspecified atom stereocenters. The number of hydrogen-bond acceptors (Lipinski definition) is 5. The van der Waals surface area contributed by atoms with E-state index in [1.165, 1.54) is 276 Å². The zero-order valence-electron chi connectivity index (χ0n) is 51.7. The molecule has 1 amide bonds. The smallest absolute Gasteiger partial charge is 0.305 e. The molecule has 0 aromatic rings. The number of hydrogen-bond donors (Lipinski definition) is 3. The molecular formula is C71H133NO5. The average molecular weight is 1080 g/mol. The molecule has 2 atom stereocenters. The van der Waals surface area contributed by atoms with E-state index in [2.05, 4.69) is 67.8 Å². The molecular weight excluding hydrogens is 947 g/mol. The van der Waals surface area contributed by atoms with Crippen molar-refractivity contribution in [2.24, 2.45) is 0 Å². The van der Waals surface area contributed by atoms with Crippen LogP contribution in [0.1, 0.15) is 367 Å². The molecule has 0 aromatic heterocycles. The van der Waals surface area contributed by atoms with Crippen molar-refractivity contribution in [2.45, 2.75) is 379 Å². The summed E-state index contributed by atoms with van der Waals surface area (Å²) in [4.78, 5) is 24.5. The Hall–Kier alpha value is -2.18. The van der Waals surface area contributed by atoms with Crippen LogP contribution in [0.3, 0.4) is 0 Å². The predicted octanol–water partition coefficient (Wildman–Crippen LogP) is 22.1. The zero-order valence-corrected chi connectivity index (χ0v) is 51.7. The molecule has 0 aliphatic rings. The van der Waals surface area contributed by atoms with Gasteiger partial charge in [0.15, 0.2) is 0 Å². The number of unbranched alkanes of at least 4 members (excludes halogenated alkanes) is 45. The van der Waals surface area contributed by atoms with E-state index in [0.717, 1.165) is 57.8 Å². The fraction of sp³-hybridized carbons (Fsp3) is 0.859. The van der Waals surface area contributed by atoms with Crippen molar-refractivity contribution in [3.05, 3.63) is 48.6 Å². The minimum absolute atomic E-state index is 0.00675. The van der Waals surface area contributed by atoms with Gasteiger partial charge in [0.2, 0.25) is 5.91 Å². The molecule has 0 fully saturated rings. The first kappa shape index (κ1) is 74.8. The van der Waals surface area contributed by atoms with Crippen LogP contribution in [0.2, 0.25) is 0 Å². The lowest BCUT2D eigenvalue weighted by Gasteiger charge is -2.22. The molecule has 0 spiro atoms. The maximum atomic E-state index is 12.4. The number of ether oxygens (including phenoxy) is 1. The van der Waals surface area contributed by atoms with Crippen molar-refractivity contribution in [1.29, 1.82) is 0 Å². The van der Waals surface area contributed by atoms with Crippen LogP contribution < -0.4 is 5.32 Å². The highest BCUT2D eigenvalue weighted by atomic mass is 16.5. The van der Waals surface area contributed by atoms with E-state index in [9.17, 15) is 19.8 Å². The van der Waals surface area contributed by atoms with Gasteiger partial charge in [-0.3, -0.25) is 9.59 Å². The molecule has 452 valence electrons. The minimum Gasteiger partial charge on any atom is -0.466 e. The fourth-order valence-electron chi connectivity index (χ4n) is 10.6. The Balaban J connectivity index is 3.35. The lowest BCUT2D eigenvalue weighted by molar-refractivity contribution is -0.143. The van der Waals surface area contributed by atoms with Crippen molar-refractivity contribution >= 4 is 11.9 Å². The highest BCUT2D eigenvalue weighted by molar-refractivity contribution is 5.76. The van der Waals surface area contributed by atoms with Gasteiger partial charge in [0, 0.05) is 12.8 Å². The normalized spacial score (nSPS) is 12.8. The van der Waals surface area contributed by atoms with Crippen LogP contribution in [0.4, 0.5) is 0 Å². The highest BCUT2D eigenvalue weighted by Gasteiger charge is 2.20. The van der Waals surface area contributed by atoms with Crippen LogP contribution in [0, 0.1) is 0 Å². The number of esters is 1. The van der Waals surface area contributed by atoms with Gasteiger partial charge in [-0.1, -0.05) is 313 Å². The molecule has 0 saturated carbocycles. The van der Waals surface area contributed by atoms with E-state index < -0.39 is 12.1 Å². The number of amides is 1. The molecule has 0 radical (unpaired) electrons. The Morgan fingerprint density at radius 2 is 0.649 bits per heavy atom. The monoisotopic (exact) mass is 1080 g/mol. The molecule has 0 aliphatic carbocycles. The summed E-state index contributed by atoms with van der Waals surface area (Å²) in [6.45, 7) is 4.93. The summed E-state index contributed by atoms with van der Waals surface area (Å²) in [6, 6.07) is -0.538. The summed E-state index contributed by atoms with van der Waals surface area (Å²) in [6.07, 6.45) is 86.0. The third-order valence-corrected chi connectivity index (χ3v) is 15.9. The van der Waals surface area contributed by atoms with Crippen LogP contribution in [-0.2, 0) is 14.3 Å². The van der Waals surface area contributed by atoms with Crippen LogP contribution >= 0.6 is 0 Å². The van der Waals surface area contributed by atoms with E-state index in [4.69, 9.17) is 4.74 Å². The molecule has 77 heavy (non-hydrogen) atoms. The van der Waals surface area contributed by atoms with Gasteiger partial charge in [-0.25, -0.2) is 0 Å². The first-order valence-corrected chi connectivity index (χ1v) is 34.4. The Bertz CT molecular complexity index is 1290. The third kappa shape index (κ3) is 62.9. The molecule has 0 aromatic carbocycles. The van der Waals surface area contributed by atoms with E-state index >= 15 is 0 Å². The number of allylic oxidation sites excluding steroid dienone is 8. The van der Waals surface area contributed by atoms with E-state index in [1.54, 1.807) is 0 Å². The van der Waals surface area contributed by atoms with E-state index in [1.807, 2.05) is 0 Å². The van der Waals surface area contributed by atoms with Crippen LogP contribution in [-0.4, -0.2) is 47.4 Å². The van der Waals surface area contributed by atoms with Crippen molar-refractivity contribution in [1.82, 2.24) is 5.32 Å². The Morgan fingerprint density at radius 1 is 0.364 bits per heavy atom. The molecule has 6 heteroatoms. The summed E-state index contributed by atoms with van der Waals surface area (Å²) in [5.74, 6) is -0.0279. The van der Waals surface area contributed by atoms with E-state index in [0.29, 0.717) is 25.9 Å². The lowest BCUT2D eigenvalue weighted by Crippen LogP contribution is -2.45. The standard InChI is InChI=1S/C71H133NO5/c1-3-5-7-9-11-13-14-15-16-17-36-39-42-45-49-53-57-61-65-71(76)77-66-62-58-54-50-46-43-40-37-34-32-30-28-26-24-22-20-18-19-21-23-25-27-29-31-33-35-38-41-44-48-52-56-60-64-70(75)72-68(67-73)69(74)63-59-55-51-47-12-10-8-6-4-2/h13-14,16-17,22,24,28,30,68-69,73-74H,3-12,15,18-21,23,25-27,29,31-67H2,1-2H3,(H,72,75)/b14-13-,17-16-,24-22-,30-28-. The summed E-state index contributed by atoms with van der Waals surface area (Å²) in [5, 5.41) is 23.1. The largest absolute Gasteiger partial charge is 0.466 e. The zero-order chi connectivity index (χ0) is 55.7. The predicted molar refractivity (Wildman–Crippen MR) is 338 cm³/mol. The van der Waals surface area contributed by atoms with Crippen molar-refractivity contribution in [3.63, 3.8) is 0 Å². The molecule has 0 saturated heterocycles. The molecule has 3 N–H and O–H groups in total. The third-order valence-electron chi connectivity index (χ3n) is 15.9. The topological polar surface area (TPSA) is 95.9 Å². The van der Waals surface area contributed by atoms with Crippen LogP contribution in [0.25, 0.3) is 0 Å². The molecule has 0 bridgehead atoms. The van der Waals surface area contributed by atoms with Gasteiger partial charge in [0.05, 0.1) is 25.4 Å². The lowest BCUT2D eigenvalue weighted by atomic mass is 10.0. The number of aliphatic hydroxyl groups excluding tert-OH is 2. The maximum absolute atomic E-state index is 12.4. The van der Waals surface area contributed by atoms with Gasteiger partial charge in [-0.15, -0.1) is 0 Å². The quantitative estimate of drug-likeness (QED) is 0.0320. The molecule has 0 heterocycles. The first-order chi connectivity index (χ1) is 38.0. The number of carbonyl (C=O) groups excluding carboxylic acids is 2. The minimum atomic E-state index is -0.661. The van der Waals surface area contributed by atoms with Gasteiger partial charge < -0.3 is 20.3 Å². The second-order valence-electron chi connectivity index (χ2n) is 23.5. The Morgan fingerprint density at radius 3 is 1.00 bits per heavy atom. The van der Waals surface area contributed by atoms with Crippen LogP contribution in [0.5, 0.6) is 0 Å². The average Bonchev–Trinajstić information content (AvgIpc) is 3.43. The van der Waals surface area contributed by atoms with Crippen molar-refractivity contribution in [3.8, 4) is 0 Å². The fourth-order valence-corrected chi connectivity index (χ4v) is 10.6. The van der Waals surface area contributed by atoms with Crippen molar-refractivity contribution < 1.29 is 24.5 Å². The number of carbonyl (C=O) groups is 2. The van der Waals surface area contributed by atoms with Gasteiger partial charge in [0.25, 0.3) is 0 Å². The summed E-state index contributed by atoms with van der Waals surface area (Å²) in [7, 11) is 0. The number of aliphatic hydroxyl groups is 2. The second-order valence-corrected chi connectivity index (χ2v) is 23.5. The van der Waals surface area contributed by atoms with Gasteiger partial charge >= 0.3 is 5.97 Å². The summed E-state index contributed by atoms with van der Waals surface area (Å²) < 4.78 is 5.50. The first-order valence-electron chi connectivity index (χ1n) is 34.4. The maximum Gasteiger partial charge on any atom is 0.305 e. The highest BCUT2D eigenvalue weighted by Crippen LogP contribution is 2.18. The molecule has 6 nitrogen and oxygen atoms in total. The molecule has 0 aliphatic heterocycles. The van der Waals surface area contributed by atoms with Crippen LogP contribution in [0.15, 0.2) is 48.6 Å². The number of rotatable bonds is 64. The molecule has 0 rings (SSSR count). The number of nitrogens with one attached hydrogen (secondary N) is 1. The van der Waals surface area contributed by atoms with Gasteiger partial charge in [0.1, 0.15) is 0 Å².